The number of rotatable bonds is 2. The molecule has 5 heteroatoms. The highest BCUT2D eigenvalue weighted by atomic mass is 16.2. The number of carbonyl (C=O) groups is 3. The van der Waals surface area contributed by atoms with Gasteiger partial charge in [-0.05, 0) is 17.5 Å². The second-order valence-corrected chi connectivity index (χ2v) is 7.91. The van der Waals surface area contributed by atoms with Crippen LogP contribution in [0.4, 0.5) is 0 Å². The SMILES string of the molecule is CN1C(=O)c2cccc3c2c(c(C(=O)c2ccccc2)c2cnc4ccccc4c23)C1=O. The molecule has 0 N–H and O–H groups in total. The van der Waals surface area contributed by atoms with E-state index in [-0.39, 0.29) is 22.8 Å². The van der Waals surface area contributed by atoms with E-state index in [9.17, 15) is 14.4 Å². The van der Waals surface area contributed by atoms with Crippen LogP contribution >= 0.6 is 0 Å². The van der Waals surface area contributed by atoms with Crippen LogP contribution in [0, 0.1) is 0 Å². The van der Waals surface area contributed by atoms with Crippen molar-refractivity contribution in [3.63, 3.8) is 0 Å². The van der Waals surface area contributed by atoms with E-state index >= 15 is 0 Å². The molecule has 0 saturated carbocycles. The monoisotopic (exact) mass is 416 g/mol. The summed E-state index contributed by atoms with van der Waals surface area (Å²) in [4.78, 5) is 45.9. The van der Waals surface area contributed by atoms with Crippen LogP contribution in [0.15, 0.2) is 79.0 Å². The molecular formula is C27H16N2O3. The maximum Gasteiger partial charge on any atom is 0.261 e. The second kappa shape index (κ2) is 6.56. The third-order valence-electron chi connectivity index (χ3n) is 6.20. The van der Waals surface area contributed by atoms with Crippen molar-refractivity contribution in [1.82, 2.24) is 9.88 Å². The Kier molecular flexibility index (Phi) is 3.77. The highest BCUT2D eigenvalue weighted by Crippen LogP contribution is 2.41. The van der Waals surface area contributed by atoms with Gasteiger partial charge in [0.25, 0.3) is 11.8 Å². The fraction of sp³-hybridized carbons (Fsp3) is 0.0370. The lowest BCUT2D eigenvalue weighted by atomic mass is 9.83. The number of benzene rings is 4. The second-order valence-electron chi connectivity index (χ2n) is 7.91. The Morgan fingerprint density at radius 1 is 0.750 bits per heavy atom. The van der Waals surface area contributed by atoms with Crippen molar-refractivity contribution in [3.05, 3.63) is 101 Å². The van der Waals surface area contributed by atoms with Gasteiger partial charge in [0.1, 0.15) is 0 Å². The van der Waals surface area contributed by atoms with Crippen molar-refractivity contribution in [2.75, 3.05) is 7.05 Å². The molecule has 5 aromatic rings. The van der Waals surface area contributed by atoms with Crippen molar-refractivity contribution in [2.45, 2.75) is 0 Å². The van der Waals surface area contributed by atoms with E-state index in [0.29, 0.717) is 21.9 Å². The smallest absolute Gasteiger partial charge is 0.261 e. The summed E-state index contributed by atoms with van der Waals surface area (Å²) in [6.07, 6.45) is 1.67. The summed E-state index contributed by atoms with van der Waals surface area (Å²) in [6.45, 7) is 0. The molecule has 4 aromatic carbocycles. The van der Waals surface area contributed by atoms with Crippen molar-refractivity contribution >= 4 is 50.0 Å². The predicted octanol–water partition coefficient (Wildman–Crippen LogP) is 5.00. The largest absolute Gasteiger partial charge is 0.289 e. The topological polar surface area (TPSA) is 67.3 Å². The molecule has 0 spiro atoms. The standard InChI is InChI=1S/C27H16N2O3/c1-29-26(31)18-12-7-11-17-21-16-10-5-6-13-20(16)28-14-19(21)23(24(22(17)18)27(29)32)25(30)15-8-3-2-4-9-15/h2-14H,1H3. The summed E-state index contributed by atoms with van der Waals surface area (Å²) in [7, 11) is 1.45. The van der Waals surface area contributed by atoms with Crippen molar-refractivity contribution in [1.29, 1.82) is 0 Å². The summed E-state index contributed by atoms with van der Waals surface area (Å²) in [5, 5.41) is 3.60. The number of imide groups is 1. The van der Waals surface area contributed by atoms with Gasteiger partial charge in [-0.25, -0.2) is 0 Å². The Labute approximate surface area is 182 Å². The van der Waals surface area contributed by atoms with Crippen molar-refractivity contribution in [3.8, 4) is 0 Å². The van der Waals surface area contributed by atoms with Gasteiger partial charge in [0.05, 0.1) is 11.1 Å². The van der Waals surface area contributed by atoms with Crippen LogP contribution in [-0.2, 0) is 0 Å². The number of para-hydroxylation sites is 1. The molecule has 6 rings (SSSR count). The van der Waals surface area contributed by atoms with E-state index in [4.69, 9.17) is 0 Å². The number of hydrogen-bond acceptors (Lipinski definition) is 4. The number of aromatic nitrogens is 1. The van der Waals surface area contributed by atoms with Gasteiger partial charge in [-0.2, -0.15) is 0 Å². The maximum absolute atomic E-state index is 13.8. The first-order chi connectivity index (χ1) is 15.6. The summed E-state index contributed by atoms with van der Waals surface area (Å²) >= 11 is 0. The van der Waals surface area contributed by atoms with E-state index in [0.717, 1.165) is 26.6 Å². The molecule has 0 fully saturated rings. The lowest BCUT2D eigenvalue weighted by Crippen LogP contribution is -2.38. The van der Waals surface area contributed by atoms with Gasteiger partial charge in [0.15, 0.2) is 5.78 Å². The molecule has 0 aliphatic carbocycles. The normalized spacial score (nSPS) is 13.3. The molecule has 2 amide bonds. The number of pyridine rings is 1. The summed E-state index contributed by atoms with van der Waals surface area (Å²) < 4.78 is 0. The summed E-state index contributed by atoms with van der Waals surface area (Å²) in [6, 6.07) is 22.0. The predicted molar refractivity (Wildman–Crippen MR) is 123 cm³/mol. The molecule has 152 valence electrons. The zero-order valence-corrected chi connectivity index (χ0v) is 17.1. The quantitative estimate of drug-likeness (QED) is 0.231. The van der Waals surface area contributed by atoms with E-state index < -0.39 is 5.91 Å². The Bertz CT molecular complexity index is 1640. The molecule has 2 heterocycles. The molecule has 1 aliphatic heterocycles. The molecule has 0 bridgehead atoms. The Balaban J connectivity index is 1.91. The highest BCUT2D eigenvalue weighted by molar-refractivity contribution is 6.37. The molecule has 32 heavy (non-hydrogen) atoms. The average Bonchev–Trinajstić information content (AvgIpc) is 2.85. The van der Waals surface area contributed by atoms with Crippen LogP contribution in [0.3, 0.4) is 0 Å². The van der Waals surface area contributed by atoms with Crippen LogP contribution in [-0.4, -0.2) is 34.5 Å². The number of nitrogens with zero attached hydrogens (tertiary/aromatic N) is 2. The molecule has 5 nitrogen and oxygen atoms in total. The maximum atomic E-state index is 13.8. The van der Waals surface area contributed by atoms with Crippen LogP contribution in [0.1, 0.15) is 36.6 Å². The fourth-order valence-corrected chi connectivity index (χ4v) is 4.71. The van der Waals surface area contributed by atoms with Gasteiger partial charge in [0.2, 0.25) is 0 Å². The molecule has 0 radical (unpaired) electrons. The van der Waals surface area contributed by atoms with Gasteiger partial charge in [-0.3, -0.25) is 24.3 Å². The number of fused-ring (bicyclic) bond motifs is 4. The van der Waals surface area contributed by atoms with Gasteiger partial charge >= 0.3 is 0 Å². The molecule has 1 aromatic heterocycles. The minimum atomic E-state index is -0.479. The minimum Gasteiger partial charge on any atom is -0.289 e. The number of carbonyl (C=O) groups excluding carboxylic acids is 3. The van der Waals surface area contributed by atoms with Gasteiger partial charge in [0, 0.05) is 51.5 Å². The van der Waals surface area contributed by atoms with Crippen molar-refractivity contribution in [2.24, 2.45) is 0 Å². The van der Waals surface area contributed by atoms with Crippen molar-refractivity contribution < 1.29 is 14.4 Å². The average molecular weight is 416 g/mol. The molecule has 0 unspecified atom stereocenters. The van der Waals surface area contributed by atoms with E-state index in [1.165, 1.54) is 7.05 Å². The third kappa shape index (κ3) is 2.33. The van der Waals surface area contributed by atoms with E-state index in [1.807, 2.05) is 42.5 Å². The number of amides is 2. The van der Waals surface area contributed by atoms with Crippen LogP contribution in [0.25, 0.3) is 32.4 Å². The molecule has 0 atom stereocenters. The lowest BCUT2D eigenvalue weighted by Gasteiger charge is -2.27. The molecule has 1 aliphatic rings. The van der Waals surface area contributed by atoms with Crippen LogP contribution in [0.2, 0.25) is 0 Å². The van der Waals surface area contributed by atoms with E-state index in [2.05, 4.69) is 4.98 Å². The first-order valence-corrected chi connectivity index (χ1v) is 10.3. The Morgan fingerprint density at radius 3 is 2.28 bits per heavy atom. The summed E-state index contributed by atoms with van der Waals surface area (Å²) in [5.41, 5.74) is 2.22. The van der Waals surface area contributed by atoms with Gasteiger partial charge < -0.3 is 0 Å². The van der Waals surface area contributed by atoms with Crippen LogP contribution in [0.5, 0.6) is 0 Å². The first kappa shape index (κ1) is 18.4. The molecule has 0 saturated heterocycles. The minimum absolute atomic E-state index is 0.260. The first-order valence-electron chi connectivity index (χ1n) is 10.3. The fourth-order valence-electron chi connectivity index (χ4n) is 4.71. The Morgan fingerprint density at radius 2 is 1.47 bits per heavy atom. The number of ketones is 1. The van der Waals surface area contributed by atoms with Gasteiger partial charge in [-0.1, -0.05) is 60.7 Å². The van der Waals surface area contributed by atoms with Crippen LogP contribution < -0.4 is 0 Å². The zero-order valence-electron chi connectivity index (χ0n) is 17.1. The Hall–Kier alpha value is -4.38. The highest BCUT2D eigenvalue weighted by Gasteiger charge is 2.36. The number of hydrogen-bond donors (Lipinski definition) is 0. The van der Waals surface area contributed by atoms with E-state index in [1.54, 1.807) is 36.5 Å². The van der Waals surface area contributed by atoms with Gasteiger partial charge in [-0.15, -0.1) is 0 Å². The lowest BCUT2D eigenvalue weighted by molar-refractivity contribution is 0.0648. The molecular weight excluding hydrogens is 400 g/mol. The zero-order chi connectivity index (χ0) is 22.0. The summed E-state index contributed by atoms with van der Waals surface area (Å²) in [5.74, 6) is -1.12. The third-order valence-corrected chi connectivity index (χ3v) is 6.20.